The minimum atomic E-state index is -0.796. The monoisotopic (exact) mass is 187 g/mol. The molecule has 1 aliphatic carbocycles. The number of aliphatic carboxylic acids is 1. The van der Waals surface area contributed by atoms with Crippen LogP contribution in [0, 0.1) is 0 Å². The summed E-state index contributed by atoms with van der Waals surface area (Å²) >= 11 is 0. The molecule has 1 saturated carbocycles. The molecule has 13 heavy (non-hydrogen) atoms. The van der Waals surface area contributed by atoms with Crippen LogP contribution in [0.4, 0.5) is 0 Å². The predicted octanol–water partition coefficient (Wildman–Crippen LogP) is 1.31. The van der Waals surface area contributed by atoms with Gasteiger partial charge in [0.05, 0.1) is 12.5 Å². The summed E-state index contributed by atoms with van der Waals surface area (Å²) in [7, 11) is 0. The predicted molar refractivity (Wildman–Crippen MR) is 48.2 cm³/mol. The number of hydroxylamine groups is 1. The number of rotatable bonds is 5. The summed E-state index contributed by atoms with van der Waals surface area (Å²) in [6.45, 7) is 1.81. The molecule has 2 N–H and O–H groups in total. The maximum atomic E-state index is 10.3. The molecule has 0 heterocycles. The van der Waals surface area contributed by atoms with Gasteiger partial charge in [-0.25, -0.2) is 0 Å². The van der Waals surface area contributed by atoms with Crippen molar-refractivity contribution in [1.29, 1.82) is 0 Å². The number of nitrogens with one attached hydrogen (secondary N) is 1. The Kier molecular flexibility index (Phi) is 4.18. The molecule has 0 saturated heterocycles. The number of carboxylic acids is 1. The number of carbonyl (C=O) groups is 1. The van der Waals surface area contributed by atoms with E-state index in [2.05, 4.69) is 5.48 Å². The van der Waals surface area contributed by atoms with Crippen LogP contribution in [0.1, 0.15) is 39.0 Å². The Morgan fingerprint density at radius 1 is 1.62 bits per heavy atom. The zero-order valence-corrected chi connectivity index (χ0v) is 7.95. The molecule has 0 aromatic rings. The Morgan fingerprint density at radius 2 is 2.23 bits per heavy atom. The van der Waals surface area contributed by atoms with Gasteiger partial charge >= 0.3 is 5.97 Å². The van der Waals surface area contributed by atoms with E-state index in [1.165, 1.54) is 12.8 Å². The molecular weight excluding hydrogens is 170 g/mol. The van der Waals surface area contributed by atoms with Gasteiger partial charge in [-0.05, 0) is 19.8 Å². The van der Waals surface area contributed by atoms with Gasteiger partial charge in [-0.2, -0.15) is 5.48 Å². The van der Waals surface area contributed by atoms with Gasteiger partial charge in [0.1, 0.15) is 0 Å². The van der Waals surface area contributed by atoms with Gasteiger partial charge in [0.25, 0.3) is 0 Å². The molecule has 0 aromatic heterocycles. The van der Waals surface area contributed by atoms with E-state index in [1.807, 2.05) is 6.92 Å². The summed E-state index contributed by atoms with van der Waals surface area (Å²) in [6, 6.07) is -0.113. The highest BCUT2D eigenvalue weighted by atomic mass is 16.7. The van der Waals surface area contributed by atoms with E-state index < -0.39 is 5.97 Å². The molecule has 0 aliphatic heterocycles. The van der Waals surface area contributed by atoms with Crippen LogP contribution in [0.3, 0.4) is 0 Å². The third-order valence-corrected chi connectivity index (χ3v) is 2.22. The molecule has 1 aliphatic rings. The lowest BCUT2D eigenvalue weighted by atomic mass is 10.2. The van der Waals surface area contributed by atoms with Crippen LogP contribution in [0.2, 0.25) is 0 Å². The highest BCUT2D eigenvalue weighted by Gasteiger charge is 2.17. The molecule has 1 atom stereocenters. The summed E-state index contributed by atoms with van der Waals surface area (Å²) in [5.41, 5.74) is 2.78. The third-order valence-electron chi connectivity index (χ3n) is 2.22. The Labute approximate surface area is 78.2 Å². The fourth-order valence-corrected chi connectivity index (χ4v) is 1.52. The number of carboxylic acid groups (broad SMARTS) is 1. The second-order valence-corrected chi connectivity index (χ2v) is 3.64. The molecule has 0 spiro atoms. The van der Waals surface area contributed by atoms with Crippen molar-refractivity contribution in [1.82, 2.24) is 5.48 Å². The first-order valence-electron chi connectivity index (χ1n) is 4.81. The standard InChI is InChI=1S/C9H17NO3/c1-7(6-9(11)12)10-13-8-4-2-3-5-8/h7-8,10H,2-6H2,1H3,(H,11,12). The maximum absolute atomic E-state index is 10.3. The molecule has 4 heteroatoms. The van der Waals surface area contributed by atoms with Crippen molar-refractivity contribution in [2.75, 3.05) is 0 Å². The van der Waals surface area contributed by atoms with Gasteiger partial charge in [0, 0.05) is 6.04 Å². The molecule has 0 amide bonds. The molecule has 1 rings (SSSR count). The smallest absolute Gasteiger partial charge is 0.305 e. The topological polar surface area (TPSA) is 58.6 Å². The van der Waals surface area contributed by atoms with Crippen LogP contribution < -0.4 is 5.48 Å². The summed E-state index contributed by atoms with van der Waals surface area (Å²) in [4.78, 5) is 15.7. The third kappa shape index (κ3) is 4.24. The van der Waals surface area contributed by atoms with Crippen LogP contribution in [0.15, 0.2) is 0 Å². The fraction of sp³-hybridized carbons (Fsp3) is 0.889. The number of hydrogen-bond acceptors (Lipinski definition) is 3. The van der Waals surface area contributed by atoms with E-state index in [0.717, 1.165) is 12.8 Å². The molecule has 4 nitrogen and oxygen atoms in total. The SMILES string of the molecule is CC(CC(=O)O)NOC1CCCC1. The Balaban J connectivity index is 2.06. The highest BCUT2D eigenvalue weighted by molar-refractivity contribution is 5.67. The number of hydrogen-bond donors (Lipinski definition) is 2. The van der Waals surface area contributed by atoms with Gasteiger partial charge in [0.15, 0.2) is 0 Å². The van der Waals surface area contributed by atoms with Crippen molar-refractivity contribution in [3.05, 3.63) is 0 Å². The summed E-state index contributed by atoms with van der Waals surface area (Å²) < 4.78 is 0. The summed E-state index contributed by atoms with van der Waals surface area (Å²) in [5, 5.41) is 8.48. The average molecular weight is 187 g/mol. The quantitative estimate of drug-likeness (QED) is 0.637. The lowest BCUT2D eigenvalue weighted by Gasteiger charge is -2.15. The molecule has 1 unspecified atom stereocenters. The van der Waals surface area contributed by atoms with Gasteiger partial charge < -0.3 is 5.11 Å². The van der Waals surface area contributed by atoms with Gasteiger partial charge in [-0.1, -0.05) is 12.8 Å². The van der Waals surface area contributed by atoms with Crippen molar-refractivity contribution in [2.24, 2.45) is 0 Å². The Hall–Kier alpha value is -0.610. The van der Waals surface area contributed by atoms with Gasteiger partial charge in [-0.15, -0.1) is 0 Å². The Morgan fingerprint density at radius 3 is 2.77 bits per heavy atom. The molecule has 0 radical (unpaired) electrons. The van der Waals surface area contributed by atoms with E-state index in [-0.39, 0.29) is 18.6 Å². The molecule has 1 fully saturated rings. The molecule has 0 aromatic carbocycles. The first kappa shape index (κ1) is 10.5. The van der Waals surface area contributed by atoms with Gasteiger partial charge in [0.2, 0.25) is 0 Å². The van der Waals surface area contributed by atoms with Crippen LogP contribution in [-0.2, 0) is 9.63 Å². The van der Waals surface area contributed by atoms with Crippen molar-refractivity contribution < 1.29 is 14.7 Å². The van der Waals surface area contributed by atoms with Gasteiger partial charge in [-0.3, -0.25) is 9.63 Å². The summed E-state index contributed by atoms with van der Waals surface area (Å²) in [6.07, 6.45) is 5.02. The first-order valence-corrected chi connectivity index (χ1v) is 4.81. The molecule has 0 bridgehead atoms. The normalized spacial score (nSPS) is 20.4. The maximum Gasteiger partial charge on any atom is 0.305 e. The summed E-state index contributed by atoms with van der Waals surface area (Å²) in [5.74, 6) is -0.796. The highest BCUT2D eigenvalue weighted by Crippen LogP contribution is 2.19. The van der Waals surface area contributed by atoms with E-state index in [0.29, 0.717) is 0 Å². The zero-order chi connectivity index (χ0) is 9.68. The first-order chi connectivity index (χ1) is 6.18. The minimum absolute atomic E-state index is 0.104. The van der Waals surface area contributed by atoms with E-state index in [1.54, 1.807) is 0 Å². The Bertz CT molecular complexity index is 166. The molecular formula is C9H17NO3. The zero-order valence-electron chi connectivity index (χ0n) is 7.95. The van der Waals surface area contributed by atoms with E-state index in [9.17, 15) is 4.79 Å². The average Bonchev–Trinajstić information content (AvgIpc) is 2.51. The lowest BCUT2D eigenvalue weighted by molar-refractivity contribution is -0.139. The van der Waals surface area contributed by atoms with Crippen LogP contribution in [0.5, 0.6) is 0 Å². The lowest BCUT2D eigenvalue weighted by Crippen LogP contribution is -2.32. The second-order valence-electron chi connectivity index (χ2n) is 3.64. The van der Waals surface area contributed by atoms with Crippen LogP contribution >= 0.6 is 0 Å². The fourth-order valence-electron chi connectivity index (χ4n) is 1.52. The van der Waals surface area contributed by atoms with Crippen molar-refractivity contribution in [3.8, 4) is 0 Å². The van der Waals surface area contributed by atoms with Crippen LogP contribution in [0.25, 0.3) is 0 Å². The van der Waals surface area contributed by atoms with Crippen molar-refractivity contribution in [3.63, 3.8) is 0 Å². The second kappa shape index (κ2) is 5.19. The van der Waals surface area contributed by atoms with E-state index in [4.69, 9.17) is 9.94 Å². The van der Waals surface area contributed by atoms with E-state index >= 15 is 0 Å². The molecule has 76 valence electrons. The van der Waals surface area contributed by atoms with Crippen molar-refractivity contribution >= 4 is 5.97 Å². The van der Waals surface area contributed by atoms with Crippen molar-refractivity contribution in [2.45, 2.75) is 51.2 Å². The minimum Gasteiger partial charge on any atom is -0.481 e. The van der Waals surface area contributed by atoms with Crippen LogP contribution in [-0.4, -0.2) is 23.2 Å². The largest absolute Gasteiger partial charge is 0.481 e.